The maximum Gasteiger partial charge on any atom is 0.326 e. The molecule has 0 spiro atoms. The Kier molecular flexibility index (Phi) is 4.80. The van der Waals surface area contributed by atoms with Crippen molar-refractivity contribution in [2.24, 2.45) is 0 Å². The predicted octanol–water partition coefficient (Wildman–Crippen LogP) is 4.60. The van der Waals surface area contributed by atoms with E-state index in [-0.39, 0.29) is 6.03 Å². The molecule has 4 heteroatoms. The summed E-state index contributed by atoms with van der Waals surface area (Å²) in [5, 5.41) is 2.97. The summed E-state index contributed by atoms with van der Waals surface area (Å²) in [4.78, 5) is 14.5. The molecule has 110 valence electrons. The number of nitrogens with zero attached hydrogens (tertiary/aromatic N) is 1. The van der Waals surface area contributed by atoms with Gasteiger partial charge in [0.15, 0.2) is 0 Å². The van der Waals surface area contributed by atoms with Gasteiger partial charge in [-0.1, -0.05) is 56.0 Å². The number of carbonyl (C=O) groups is 1. The molecular formula is C17H22N2OSi. The summed E-state index contributed by atoms with van der Waals surface area (Å²) in [6.07, 6.45) is 0.787. The third kappa shape index (κ3) is 4.75. The molecule has 0 aliphatic heterocycles. The van der Waals surface area contributed by atoms with E-state index in [1.165, 1.54) is 0 Å². The predicted molar refractivity (Wildman–Crippen MR) is 92.6 cm³/mol. The lowest BCUT2D eigenvalue weighted by atomic mass is 10.3. The molecule has 0 aliphatic carbocycles. The second-order valence-electron chi connectivity index (χ2n) is 6.28. The standard InChI is InChI=1S/C17H22N2OSi/c1-21(2,3)14-19(16-12-8-5-9-13-16)17(20)18-15-10-6-4-7-11-15/h4-13H,14H2,1-3H3,(H,18,20). The van der Waals surface area contributed by atoms with Gasteiger partial charge in [0.2, 0.25) is 0 Å². The number of nitrogens with one attached hydrogen (secondary N) is 1. The lowest BCUT2D eigenvalue weighted by molar-refractivity contribution is 0.257. The Balaban J connectivity index is 2.21. The van der Waals surface area contributed by atoms with Crippen LogP contribution in [0.2, 0.25) is 19.6 Å². The molecule has 2 aromatic carbocycles. The highest BCUT2D eigenvalue weighted by molar-refractivity contribution is 6.77. The van der Waals surface area contributed by atoms with Crippen LogP contribution in [0.15, 0.2) is 60.7 Å². The Labute approximate surface area is 127 Å². The van der Waals surface area contributed by atoms with Crippen LogP contribution in [0, 0.1) is 0 Å². The molecule has 0 saturated heterocycles. The van der Waals surface area contributed by atoms with Crippen LogP contribution in [-0.2, 0) is 0 Å². The zero-order valence-corrected chi connectivity index (χ0v) is 13.8. The van der Waals surface area contributed by atoms with Gasteiger partial charge in [-0.2, -0.15) is 0 Å². The summed E-state index contributed by atoms with van der Waals surface area (Å²) in [5.41, 5.74) is 1.76. The van der Waals surface area contributed by atoms with E-state index in [1.807, 2.05) is 65.6 Å². The number of hydrogen-bond acceptors (Lipinski definition) is 1. The van der Waals surface area contributed by atoms with E-state index in [4.69, 9.17) is 0 Å². The number of urea groups is 1. The fraction of sp³-hybridized carbons (Fsp3) is 0.235. The van der Waals surface area contributed by atoms with E-state index < -0.39 is 8.07 Å². The molecule has 0 aromatic heterocycles. The molecule has 0 bridgehead atoms. The molecule has 2 rings (SSSR count). The zero-order chi connectivity index (χ0) is 15.3. The van der Waals surface area contributed by atoms with E-state index in [9.17, 15) is 4.79 Å². The highest BCUT2D eigenvalue weighted by atomic mass is 28.3. The number of anilines is 2. The summed E-state index contributed by atoms with van der Waals surface area (Å²) >= 11 is 0. The van der Waals surface area contributed by atoms with E-state index in [1.54, 1.807) is 0 Å². The van der Waals surface area contributed by atoms with E-state index in [0.29, 0.717) is 0 Å². The average molecular weight is 298 g/mol. The van der Waals surface area contributed by atoms with Gasteiger partial charge in [-0.25, -0.2) is 4.79 Å². The number of hydrogen-bond donors (Lipinski definition) is 1. The molecule has 3 nitrogen and oxygen atoms in total. The van der Waals surface area contributed by atoms with Crippen molar-refractivity contribution in [1.82, 2.24) is 0 Å². The van der Waals surface area contributed by atoms with Crippen molar-refractivity contribution < 1.29 is 4.79 Å². The van der Waals surface area contributed by atoms with Crippen LogP contribution in [-0.4, -0.2) is 20.3 Å². The van der Waals surface area contributed by atoms with Gasteiger partial charge in [0, 0.05) is 17.5 Å². The van der Waals surface area contributed by atoms with Crippen LogP contribution >= 0.6 is 0 Å². The smallest absolute Gasteiger partial charge is 0.308 e. The maximum atomic E-state index is 12.6. The van der Waals surface area contributed by atoms with Gasteiger partial charge in [0.05, 0.1) is 8.07 Å². The fourth-order valence-corrected chi connectivity index (χ4v) is 3.35. The normalized spacial score (nSPS) is 11.0. The first-order valence-corrected chi connectivity index (χ1v) is 10.8. The molecular weight excluding hydrogens is 276 g/mol. The molecule has 1 N–H and O–H groups in total. The van der Waals surface area contributed by atoms with Crippen LogP contribution in [0.1, 0.15) is 0 Å². The van der Waals surface area contributed by atoms with Crippen molar-refractivity contribution in [3.63, 3.8) is 0 Å². The topological polar surface area (TPSA) is 32.3 Å². The first-order valence-electron chi connectivity index (χ1n) is 7.14. The van der Waals surface area contributed by atoms with Crippen molar-refractivity contribution in [3.05, 3.63) is 60.7 Å². The summed E-state index contributed by atoms with van der Waals surface area (Å²) in [7, 11) is -1.42. The second-order valence-corrected chi connectivity index (χ2v) is 11.7. The molecule has 0 unspecified atom stereocenters. The van der Waals surface area contributed by atoms with Crippen LogP contribution in [0.25, 0.3) is 0 Å². The first kappa shape index (κ1) is 15.3. The highest BCUT2D eigenvalue weighted by Crippen LogP contribution is 2.18. The van der Waals surface area contributed by atoms with Gasteiger partial charge < -0.3 is 5.32 Å². The quantitative estimate of drug-likeness (QED) is 0.822. The Bertz CT molecular complexity index is 579. The minimum Gasteiger partial charge on any atom is -0.308 e. The second kappa shape index (κ2) is 6.59. The lowest BCUT2D eigenvalue weighted by Crippen LogP contribution is -2.45. The Hall–Kier alpha value is -2.07. The number of para-hydroxylation sites is 2. The third-order valence-corrected chi connectivity index (χ3v) is 4.24. The van der Waals surface area contributed by atoms with Gasteiger partial charge >= 0.3 is 6.03 Å². The van der Waals surface area contributed by atoms with Crippen molar-refractivity contribution >= 4 is 25.5 Å². The van der Waals surface area contributed by atoms with Crippen molar-refractivity contribution in [3.8, 4) is 0 Å². The zero-order valence-electron chi connectivity index (χ0n) is 12.8. The summed E-state index contributed by atoms with van der Waals surface area (Å²) in [6.45, 7) is 6.79. The number of benzene rings is 2. The molecule has 0 radical (unpaired) electrons. The van der Waals surface area contributed by atoms with Crippen molar-refractivity contribution in [1.29, 1.82) is 0 Å². The minimum absolute atomic E-state index is 0.0742. The van der Waals surface area contributed by atoms with Crippen LogP contribution in [0.3, 0.4) is 0 Å². The fourth-order valence-electron chi connectivity index (χ4n) is 2.08. The SMILES string of the molecule is C[Si](C)(C)CN(C(=O)Nc1ccccc1)c1ccccc1. The summed E-state index contributed by atoms with van der Waals surface area (Å²) in [6, 6.07) is 19.3. The molecule has 0 aliphatic rings. The van der Waals surface area contributed by atoms with Crippen LogP contribution in [0.4, 0.5) is 16.2 Å². The number of rotatable bonds is 4. The molecule has 0 heterocycles. The summed E-state index contributed by atoms with van der Waals surface area (Å²) in [5.74, 6) is 0. The Morgan fingerprint density at radius 2 is 1.48 bits per heavy atom. The van der Waals surface area contributed by atoms with Crippen LogP contribution in [0.5, 0.6) is 0 Å². The van der Waals surface area contributed by atoms with E-state index >= 15 is 0 Å². The first-order chi connectivity index (χ1) is 9.96. The van der Waals surface area contributed by atoms with Gasteiger partial charge in [-0.05, 0) is 24.3 Å². The van der Waals surface area contributed by atoms with Gasteiger partial charge in [0.1, 0.15) is 0 Å². The maximum absolute atomic E-state index is 12.6. The molecule has 0 atom stereocenters. The average Bonchev–Trinajstić information content (AvgIpc) is 2.46. The van der Waals surface area contributed by atoms with E-state index in [2.05, 4.69) is 25.0 Å². The van der Waals surface area contributed by atoms with E-state index in [0.717, 1.165) is 17.5 Å². The molecule has 2 amide bonds. The monoisotopic (exact) mass is 298 g/mol. The van der Waals surface area contributed by atoms with Crippen molar-refractivity contribution in [2.75, 3.05) is 16.4 Å². The van der Waals surface area contributed by atoms with Gasteiger partial charge in [0.25, 0.3) is 0 Å². The minimum atomic E-state index is -1.42. The largest absolute Gasteiger partial charge is 0.326 e. The third-order valence-electron chi connectivity index (χ3n) is 2.97. The van der Waals surface area contributed by atoms with Crippen molar-refractivity contribution in [2.45, 2.75) is 19.6 Å². The number of carbonyl (C=O) groups excluding carboxylic acids is 1. The number of amides is 2. The molecule has 21 heavy (non-hydrogen) atoms. The molecule has 2 aromatic rings. The van der Waals surface area contributed by atoms with Gasteiger partial charge in [-0.15, -0.1) is 0 Å². The molecule has 0 saturated carbocycles. The van der Waals surface area contributed by atoms with Gasteiger partial charge in [-0.3, -0.25) is 4.90 Å². The summed E-state index contributed by atoms with van der Waals surface area (Å²) < 4.78 is 0. The Morgan fingerprint density at radius 1 is 0.952 bits per heavy atom. The highest BCUT2D eigenvalue weighted by Gasteiger charge is 2.23. The molecule has 0 fully saturated rings. The van der Waals surface area contributed by atoms with Crippen LogP contribution < -0.4 is 10.2 Å². The Morgan fingerprint density at radius 3 is 2.00 bits per heavy atom. The lowest BCUT2D eigenvalue weighted by Gasteiger charge is -2.29.